The molecule has 0 radical (unpaired) electrons. The van der Waals surface area contributed by atoms with E-state index < -0.39 is 23.1 Å². The molecule has 5 heteroatoms. The zero-order valence-corrected chi connectivity index (χ0v) is 16.3. The number of rotatable bonds is 7. The van der Waals surface area contributed by atoms with Crippen molar-refractivity contribution in [1.82, 2.24) is 4.90 Å². The predicted octanol–water partition coefficient (Wildman–Crippen LogP) is 4.20. The van der Waals surface area contributed by atoms with E-state index >= 15 is 0 Å². The van der Waals surface area contributed by atoms with Gasteiger partial charge in [-0.2, -0.15) is 0 Å². The van der Waals surface area contributed by atoms with E-state index in [0.717, 1.165) is 24.2 Å². The Labute approximate surface area is 155 Å². The van der Waals surface area contributed by atoms with E-state index in [4.69, 9.17) is 4.74 Å². The maximum atomic E-state index is 13.0. The van der Waals surface area contributed by atoms with Gasteiger partial charge in [-0.15, -0.1) is 0 Å². The van der Waals surface area contributed by atoms with E-state index in [-0.39, 0.29) is 11.4 Å². The largest absolute Gasteiger partial charge is 0.503 e. The number of aliphatic hydroxyl groups is 1. The molecule has 142 valence electrons. The molecule has 1 aliphatic heterocycles. The third-order valence-electron chi connectivity index (χ3n) is 4.49. The number of hydrogen-bond donors (Lipinski definition) is 1. The number of hydrogen-bond acceptors (Lipinski definition) is 4. The molecule has 1 heterocycles. The van der Waals surface area contributed by atoms with Crippen LogP contribution < -0.4 is 4.74 Å². The molecule has 1 N–H and O–H groups in total. The van der Waals surface area contributed by atoms with Crippen LogP contribution in [-0.4, -0.2) is 34.8 Å². The molecule has 1 aromatic carbocycles. The first-order valence-electron chi connectivity index (χ1n) is 9.24. The number of carbonyl (C=O) groups is 2. The van der Waals surface area contributed by atoms with Crippen molar-refractivity contribution >= 4 is 11.7 Å². The van der Waals surface area contributed by atoms with Crippen molar-refractivity contribution in [2.75, 3.05) is 13.2 Å². The molecule has 1 unspecified atom stereocenters. The van der Waals surface area contributed by atoms with Crippen LogP contribution in [0.2, 0.25) is 0 Å². The summed E-state index contributed by atoms with van der Waals surface area (Å²) in [6.07, 6.45) is 1.73. The summed E-state index contributed by atoms with van der Waals surface area (Å²) in [4.78, 5) is 27.2. The topological polar surface area (TPSA) is 66.8 Å². The van der Waals surface area contributed by atoms with Crippen molar-refractivity contribution in [1.29, 1.82) is 0 Å². The Morgan fingerprint density at radius 2 is 1.81 bits per heavy atom. The summed E-state index contributed by atoms with van der Waals surface area (Å²) in [7, 11) is 0. The lowest BCUT2D eigenvalue weighted by molar-refractivity contribution is -0.129. The van der Waals surface area contributed by atoms with Crippen LogP contribution in [0.1, 0.15) is 59.1 Å². The molecule has 2 rings (SSSR count). The molecular weight excluding hydrogens is 330 g/mol. The van der Waals surface area contributed by atoms with E-state index in [9.17, 15) is 14.7 Å². The molecule has 0 aliphatic carbocycles. The van der Waals surface area contributed by atoms with Gasteiger partial charge in [0.2, 0.25) is 0 Å². The second-order valence-corrected chi connectivity index (χ2v) is 7.60. The summed E-state index contributed by atoms with van der Waals surface area (Å²) >= 11 is 0. The molecule has 1 atom stereocenters. The number of benzene rings is 1. The maximum absolute atomic E-state index is 13.0. The zero-order chi connectivity index (χ0) is 19.5. The number of amides is 1. The second kappa shape index (κ2) is 7.94. The van der Waals surface area contributed by atoms with E-state index in [1.165, 1.54) is 0 Å². The highest BCUT2D eigenvalue weighted by Crippen LogP contribution is 2.41. The Hall–Kier alpha value is -2.30. The second-order valence-electron chi connectivity index (χ2n) is 7.60. The summed E-state index contributed by atoms with van der Waals surface area (Å²) in [5, 5.41) is 10.5. The van der Waals surface area contributed by atoms with Gasteiger partial charge in [0.05, 0.1) is 18.2 Å². The third-order valence-corrected chi connectivity index (χ3v) is 4.49. The van der Waals surface area contributed by atoms with Crippen LogP contribution in [-0.2, 0) is 9.59 Å². The van der Waals surface area contributed by atoms with Crippen LogP contribution >= 0.6 is 0 Å². The maximum Gasteiger partial charge on any atom is 0.290 e. The van der Waals surface area contributed by atoms with E-state index in [1.54, 1.807) is 25.7 Å². The first-order valence-corrected chi connectivity index (χ1v) is 9.24. The van der Waals surface area contributed by atoms with E-state index in [0.29, 0.717) is 13.2 Å². The van der Waals surface area contributed by atoms with Gasteiger partial charge >= 0.3 is 0 Å². The lowest BCUT2D eigenvalue weighted by Gasteiger charge is -2.29. The van der Waals surface area contributed by atoms with Gasteiger partial charge in [-0.05, 0) is 31.0 Å². The highest BCUT2D eigenvalue weighted by Gasteiger charge is 2.45. The van der Waals surface area contributed by atoms with E-state index in [1.807, 2.05) is 38.1 Å². The predicted molar refractivity (Wildman–Crippen MR) is 101 cm³/mol. The summed E-state index contributed by atoms with van der Waals surface area (Å²) in [5.74, 6) is -0.358. The van der Waals surface area contributed by atoms with Gasteiger partial charge < -0.3 is 14.7 Å². The minimum Gasteiger partial charge on any atom is -0.503 e. The molecule has 1 aromatic rings. The fourth-order valence-corrected chi connectivity index (χ4v) is 3.11. The molecule has 5 nitrogen and oxygen atoms in total. The van der Waals surface area contributed by atoms with Gasteiger partial charge in [-0.25, -0.2) is 0 Å². The molecule has 0 fully saturated rings. The summed E-state index contributed by atoms with van der Waals surface area (Å²) in [6.45, 7) is 10.4. The molecule has 1 amide bonds. The summed E-state index contributed by atoms with van der Waals surface area (Å²) in [5.41, 5.74) is 0.311. The van der Waals surface area contributed by atoms with E-state index in [2.05, 4.69) is 0 Å². The molecule has 1 aliphatic rings. The van der Waals surface area contributed by atoms with Crippen LogP contribution in [0.5, 0.6) is 5.75 Å². The Balaban J connectivity index is 2.49. The number of nitrogens with zero attached hydrogens (tertiary/aromatic N) is 1. The van der Waals surface area contributed by atoms with Crippen LogP contribution in [0.15, 0.2) is 35.6 Å². The molecule has 0 spiro atoms. The number of ketones is 1. The standard InChI is InChI=1S/C21H29NO4/c1-6-8-13-22-17(14-9-11-15(12-10-14)26-7-2)16(18(23)20(22)25)19(24)21(3,4)5/h9-12,17,23H,6-8,13H2,1-5H3. The Kier molecular flexibility index (Phi) is 6.11. The SMILES string of the molecule is CCCCN1C(=O)C(O)=C(C(=O)C(C)(C)C)C1c1ccc(OCC)cc1. The monoisotopic (exact) mass is 359 g/mol. The molecule has 0 aromatic heterocycles. The Bertz CT molecular complexity index is 698. The fourth-order valence-electron chi connectivity index (χ4n) is 3.11. The average molecular weight is 359 g/mol. The lowest BCUT2D eigenvalue weighted by atomic mass is 9.82. The molecule has 0 saturated carbocycles. The smallest absolute Gasteiger partial charge is 0.290 e. The minimum atomic E-state index is -0.687. The minimum absolute atomic E-state index is 0.197. The molecular formula is C21H29NO4. The molecule has 26 heavy (non-hydrogen) atoms. The van der Waals surface area contributed by atoms with Crippen molar-refractivity contribution in [2.45, 2.75) is 53.5 Å². The van der Waals surface area contributed by atoms with Crippen LogP contribution in [0, 0.1) is 5.41 Å². The van der Waals surface area contributed by atoms with Gasteiger partial charge in [0.15, 0.2) is 11.5 Å². The normalized spacial score (nSPS) is 17.8. The van der Waals surface area contributed by atoms with Crippen LogP contribution in [0.3, 0.4) is 0 Å². The highest BCUT2D eigenvalue weighted by atomic mass is 16.5. The number of aliphatic hydroxyl groups excluding tert-OH is 1. The highest BCUT2D eigenvalue weighted by molar-refractivity contribution is 6.10. The summed E-state index contributed by atoms with van der Waals surface area (Å²) < 4.78 is 5.48. The number of ether oxygens (including phenoxy) is 1. The van der Waals surface area contributed by atoms with Crippen molar-refractivity contribution in [3.05, 3.63) is 41.2 Å². The average Bonchev–Trinajstić information content (AvgIpc) is 2.84. The number of Topliss-reactive ketones (excluding diaryl/α,β-unsaturated/α-hetero) is 1. The van der Waals surface area contributed by atoms with Gasteiger partial charge in [0, 0.05) is 12.0 Å². The van der Waals surface area contributed by atoms with Crippen molar-refractivity contribution in [3.63, 3.8) is 0 Å². The summed E-state index contributed by atoms with van der Waals surface area (Å²) in [6, 6.07) is 6.81. The van der Waals surface area contributed by atoms with Gasteiger partial charge in [-0.3, -0.25) is 9.59 Å². The van der Waals surface area contributed by atoms with Crippen LogP contribution in [0.25, 0.3) is 0 Å². The Morgan fingerprint density at radius 3 is 2.31 bits per heavy atom. The quantitative estimate of drug-likeness (QED) is 0.792. The van der Waals surface area contributed by atoms with Gasteiger partial charge in [0.25, 0.3) is 5.91 Å². The molecule has 0 saturated heterocycles. The first-order chi connectivity index (χ1) is 12.2. The Morgan fingerprint density at radius 1 is 1.19 bits per heavy atom. The third kappa shape index (κ3) is 3.92. The fraction of sp³-hybridized carbons (Fsp3) is 0.524. The lowest BCUT2D eigenvalue weighted by Crippen LogP contribution is -2.33. The zero-order valence-electron chi connectivity index (χ0n) is 16.3. The van der Waals surface area contributed by atoms with Crippen molar-refractivity contribution in [3.8, 4) is 5.75 Å². The van der Waals surface area contributed by atoms with Crippen molar-refractivity contribution < 1.29 is 19.4 Å². The number of unbranched alkanes of at least 4 members (excludes halogenated alkanes) is 1. The first kappa shape index (κ1) is 20.0. The van der Waals surface area contributed by atoms with Crippen LogP contribution in [0.4, 0.5) is 0 Å². The number of carbonyl (C=O) groups excluding carboxylic acids is 2. The van der Waals surface area contributed by atoms with Crippen molar-refractivity contribution in [2.24, 2.45) is 5.41 Å². The van der Waals surface area contributed by atoms with Gasteiger partial charge in [0.1, 0.15) is 5.75 Å². The molecule has 0 bridgehead atoms. The van der Waals surface area contributed by atoms with Gasteiger partial charge in [-0.1, -0.05) is 46.2 Å².